The summed E-state index contributed by atoms with van der Waals surface area (Å²) in [5, 5.41) is 6.10. The Hall–Kier alpha value is -1.39. The molecule has 1 aliphatic heterocycles. The largest absolute Gasteiger partial charge is 0.495 e. The molecule has 0 aliphatic carbocycles. The van der Waals surface area contributed by atoms with Gasteiger partial charge in [-0.3, -0.25) is 9.69 Å². The summed E-state index contributed by atoms with van der Waals surface area (Å²) in [6.45, 7) is 3.52. The van der Waals surface area contributed by atoms with Crippen molar-refractivity contribution in [3.8, 4) is 5.75 Å². The van der Waals surface area contributed by atoms with Crippen LogP contribution in [0.5, 0.6) is 5.75 Å². The Labute approximate surface area is 174 Å². The minimum absolute atomic E-state index is 0. The quantitative estimate of drug-likeness (QED) is 0.673. The zero-order valence-electron chi connectivity index (χ0n) is 17.1. The summed E-state index contributed by atoms with van der Waals surface area (Å²) in [4.78, 5) is 15.0. The van der Waals surface area contributed by atoms with Gasteiger partial charge in [-0.05, 0) is 51.6 Å². The van der Waals surface area contributed by atoms with Gasteiger partial charge in [0.1, 0.15) is 5.75 Å². The molecule has 1 aliphatic rings. The molecule has 1 saturated heterocycles. The van der Waals surface area contributed by atoms with Crippen LogP contribution in [0.1, 0.15) is 19.8 Å². The highest BCUT2D eigenvalue weighted by atomic mass is 35.5. The molecule has 2 rings (SSSR count). The van der Waals surface area contributed by atoms with E-state index in [0.717, 1.165) is 30.2 Å². The van der Waals surface area contributed by atoms with Crippen molar-refractivity contribution in [3.05, 3.63) is 18.2 Å². The third-order valence-corrected chi connectivity index (χ3v) is 6.81. The molecule has 1 fully saturated rings. The summed E-state index contributed by atoms with van der Waals surface area (Å²) in [7, 11) is 2.74. The van der Waals surface area contributed by atoms with Crippen LogP contribution in [0, 0.1) is 0 Å². The number of anilines is 1. The first-order valence-electron chi connectivity index (χ1n) is 9.03. The molecule has 0 saturated carbocycles. The van der Waals surface area contributed by atoms with Crippen molar-refractivity contribution in [2.75, 3.05) is 46.7 Å². The highest BCUT2D eigenvalue weighted by Crippen LogP contribution is 2.29. The number of nitrogens with one attached hydrogen (secondary N) is 2. The molecule has 1 aromatic carbocycles. The fourth-order valence-electron chi connectivity index (χ4n) is 3.15. The van der Waals surface area contributed by atoms with Crippen LogP contribution in [0.2, 0.25) is 0 Å². The molecule has 0 spiro atoms. The molecule has 0 aromatic heterocycles. The van der Waals surface area contributed by atoms with E-state index in [-0.39, 0.29) is 29.3 Å². The van der Waals surface area contributed by atoms with Crippen molar-refractivity contribution in [2.24, 2.45) is 0 Å². The Kier molecular flexibility index (Phi) is 9.16. The monoisotopic (exact) mass is 434 g/mol. The zero-order valence-corrected chi connectivity index (χ0v) is 18.7. The summed E-state index contributed by atoms with van der Waals surface area (Å²) in [6, 6.07) is 4.49. The van der Waals surface area contributed by atoms with Crippen LogP contribution in [0.4, 0.5) is 5.69 Å². The molecule has 1 aromatic rings. The lowest BCUT2D eigenvalue weighted by atomic mass is 10.0. The number of sulfonamides is 1. The zero-order chi connectivity index (χ0) is 20.2. The fraction of sp³-hybridized carbons (Fsp3) is 0.611. The number of likely N-dealkylation sites (N-methyl/N-ethyl adjacent to an activating group) is 1. The minimum Gasteiger partial charge on any atom is -0.495 e. The van der Waals surface area contributed by atoms with Gasteiger partial charge in [0, 0.05) is 26.7 Å². The predicted octanol–water partition coefficient (Wildman–Crippen LogP) is 1.38. The lowest BCUT2D eigenvalue weighted by molar-refractivity contribution is -0.121. The van der Waals surface area contributed by atoms with Crippen LogP contribution >= 0.6 is 12.4 Å². The topological polar surface area (TPSA) is 91.0 Å². The number of ether oxygens (including phenoxy) is 1. The number of carbonyl (C=O) groups is 1. The lowest BCUT2D eigenvalue weighted by Crippen LogP contribution is -2.51. The van der Waals surface area contributed by atoms with E-state index in [2.05, 4.69) is 15.5 Å². The van der Waals surface area contributed by atoms with E-state index in [9.17, 15) is 13.2 Å². The van der Waals surface area contributed by atoms with Gasteiger partial charge in [-0.15, -0.1) is 12.4 Å². The first kappa shape index (κ1) is 24.6. The molecule has 10 heteroatoms. The Balaban J connectivity index is 0.00000392. The molecule has 28 heavy (non-hydrogen) atoms. The molecule has 0 bridgehead atoms. The van der Waals surface area contributed by atoms with E-state index in [1.165, 1.54) is 33.3 Å². The molecular formula is C18H31ClN4O4S. The molecule has 2 unspecified atom stereocenters. The van der Waals surface area contributed by atoms with E-state index in [1.807, 2.05) is 14.0 Å². The number of nitrogens with zero attached hydrogens (tertiary/aromatic N) is 2. The maximum absolute atomic E-state index is 12.8. The van der Waals surface area contributed by atoms with E-state index < -0.39 is 10.0 Å². The van der Waals surface area contributed by atoms with Crippen LogP contribution in [0.25, 0.3) is 0 Å². The summed E-state index contributed by atoms with van der Waals surface area (Å²) < 4.78 is 31.2. The molecule has 2 atom stereocenters. The van der Waals surface area contributed by atoms with Gasteiger partial charge in [0.2, 0.25) is 15.9 Å². The smallest absolute Gasteiger partial charge is 0.242 e. The van der Waals surface area contributed by atoms with Crippen LogP contribution in [0.3, 0.4) is 0 Å². The molecule has 8 nitrogen and oxygen atoms in total. The summed E-state index contributed by atoms with van der Waals surface area (Å²) in [6.07, 6.45) is 2.13. The van der Waals surface area contributed by atoms with E-state index in [0.29, 0.717) is 17.5 Å². The second kappa shape index (κ2) is 10.4. The van der Waals surface area contributed by atoms with Crippen molar-refractivity contribution in [1.82, 2.24) is 14.5 Å². The van der Waals surface area contributed by atoms with Crippen molar-refractivity contribution >= 4 is 34.0 Å². The van der Waals surface area contributed by atoms with Gasteiger partial charge in [0.15, 0.2) is 0 Å². The van der Waals surface area contributed by atoms with Gasteiger partial charge >= 0.3 is 0 Å². The summed E-state index contributed by atoms with van der Waals surface area (Å²) in [5.41, 5.74) is 0.347. The number of amides is 1. The molecular weight excluding hydrogens is 404 g/mol. The highest BCUT2D eigenvalue weighted by molar-refractivity contribution is 7.89. The Morgan fingerprint density at radius 3 is 2.61 bits per heavy atom. The second-order valence-corrected chi connectivity index (χ2v) is 9.09. The van der Waals surface area contributed by atoms with E-state index in [4.69, 9.17) is 4.74 Å². The number of benzene rings is 1. The fourth-order valence-corrected chi connectivity index (χ4v) is 4.08. The maximum atomic E-state index is 12.8. The van der Waals surface area contributed by atoms with Gasteiger partial charge in [0.05, 0.1) is 23.7 Å². The van der Waals surface area contributed by atoms with E-state index in [1.54, 1.807) is 6.07 Å². The third-order valence-electron chi connectivity index (χ3n) is 5.00. The number of likely N-dealkylation sites (tertiary alicyclic amines) is 1. The maximum Gasteiger partial charge on any atom is 0.242 e. The van der Waals surface area contributed by atoms with Crippen molar-refractivity contribution in [3.63, 3.8) is 0 Å². The van der Waals surface area contributed by atoms with Crippen LogP contribution in [-0.2, 0) is 14.8 Å². The molecule has 1 amide bonds. The first-order valence-corrected chi connectivity index (χ1v) is 10.5. The SMILES string of the molecule is CNC1CCCN(C(C)C(=O)Nc2cc(S(=O)(=O)N(C)C)ccc2OC)C1.Cl. The third kappa shape index (κ3) is 5.57. The lowest BCUT2D eigenvalue weighted by Gasteiger charge is -2.36. The number of methoxy groups -OCH3 is 1. The molecule has 160 valence electrons. The van der Waals surface area contributed by atoms with Crippen LogP contribution < -0.4 is 15.4 Å². The number of hydrogen-bond donors (Lipinski definition) is 2. The molecule has 1 heterocycles. The van der Waals surface area contributed by atoms with Crippen molar-refractivity contribution in [1.29, 1.82) is 0 Å². The average Bonchev–Trinajstić information content (AvgIpc) is 2.67. The van der Waals surface area contributed by atoms with Gasteiger partial charge in [-0.2, -0.15) is 0 Å². The standard InChI is InChI=1S/C18H30N4O4S.ClH/c1-13(22-10-6-7-14(12-22)19-2)18(23)20-16-11-15(8-9-17(16)26-5)27(24,25)21(3)4;/h8-9,11,13-14,19H,6-7,10,12H2,1-5H3,(H,20,23);1H. The van der Waals surface area contributed by atoms with E-state index >= 15 is 0 Å². The predicted molar refractivity (Wildman–Crippen MR) is 113 cm³/mol. The normalized spacial score (nSPS) is 19.0. The molecule has 2 N–H and O–H groups in total. The van der Waals surface area contributed by atoms with Gasteiger partial charge < -0.3 is 15.4 Å². The first-order chi connectivity index (χ1) is 12.7. The number of rotatable bonds is 7. The Morgan fingerprint density at radius 1 is 1.36 bits per heavy atom. The number of halogens is 1. The highest BCUT2D eigenvalue weighted by Gasteiger charge is 2.27. The number of hydrogen-bond acceptors (Lipinski definition) is 6. The average molecular weight is 435 g/mol. The van der Waals surface area contributed by atoms with Crippen LogP contribution in [-0.4, -0.2) is 77.0 Å². The van der Waals surface area contributed by atoms with Gasteiger partial charge in [-0.25, -0.2) is 12.7 Å². The van der Waals surface area contributed by atoms with Crippen LogP contribution in [0.15, 0.2) is 23.1 Å². The Bertz CT molecular complexity index is 773. The Morgan fingerprint density at radius 2 is 2.04 bits per heavy atom. The second-order valence-electron chi connectivity index (χ2n) is 6.94. The number of carbonyl (C=O) groups excluding carboxylic acids is 1. The molecule has 0 radical (unpaired) electrons. The summed E-state index contributed by atoms with van der Waals surface area (Å²) >= 11 is 0. The van der Waals surface area contributed by atoms with Crippen molar-refractivity contribution in [2.45, 2.75) is 36.7 Å². The van der Waals surface area contributed by atoms with Gasteiger partial charge in [0.25, 0.3) is 0 Å². The number of piperidine rings is 1. The summed E-state index contributed by atoms with van der Waals surface area (Å²) in [5.74, 6) is 0.226. The van der Waals surface area contributed by atoms with Crippen molar-refractivity contribution < 1.29 is 17.9 Å². The van der Waals surface area contributed by atoms with Gasteiger partial charge in [-0.1, -0.05) is 0 Å². The minimum atomic E-state index is -3.60.